The van der Waals surface area contributed by atoms with E-state index in [2.05, 4.69) is 11.0 Å². The van der Waals surface area contributed by atoms with Crippen molar-refractivity contribution in [2.24, 2.45) is 0 Å². The lowest BCUT2D eigenvalue weighted by molar-refractivity contribution is 0.0575. The number of ether oxygens (including phenoxy) is 3. The summed E-state index contributed by atoms with van der Waals surface area (Å²) in [6, 6.07) is 3.81. The SMILES string of the molecule is COC1=C[C@]23CCCN2CC(O)c2cc4c(cc2[C@@H]3[C@@H]1O)OCO4. The Labute approximate surface area is 140 Å². The number of benzene rings is 1. The van der Waals surface area contributed by atoms with Crippen LogP contribution < -0.4 is 9.47 Å². The molecule has 6 nitrogen and oxygen atoms in total. The maximum Gasteiger partial charge on any atom is 0.231 e. The quantitative estimate of drug-likeness (QED) is 0.808. The molecule has 128 valence electrons. The van der Waals surface area contributed by atoms with E-state index in [-0.39, 0.29) is 18.2 Å². The average molecular weight is 331 g/mol. The molecule has 0 amide bonds. The van der Waals surface area contributed by atoms with E-state index in [0.29, 0.717) is 23.8 Å². The van der Waals surface area contributed by atoms with Crippen LogP contribution in [-0.4, -0.2) is 53.7 Å². The van der Waals surface area contributed by atoms with Crippen LogP contribution in [0.3, 0.4) is 0 Å². The molecular weight excluding hydrogens is 310 g/mol. The fourth-order valence-corrected chi connectivity index (χ4v) is 5.01. The molecule has 1 unspecified atom stereocenters. The maximum atomic E-state index is 11.0. The molecule has 1 spiro atoms. The molecule has 2 N–H and O–H groups in total. The highest BCUT2D eigenvalue weighted by Crippen LogP contribution is 2.55. The number of aliphatic hydroxyl groups is 2. The average Bonchev–Trinajstić information content (AvgIpc) is 3.24. The van der Waals surface area contributed by atoms with Crippen LogP contribution in [0.4, 0.5) is 0 Å². The van der Waals surface area contributed by atoms with Crippen molar-refractivity contribution in [2.45, 2.75) is 36.5 Å². The fourth-order valence-electron chi connectivity index (χ4n) is 5.01. The highest BCUT2D eigenvalue weighted by atomic mass is 16.7. The summed E-state index contributed by atoms with van der Waals surface area (Å²) in [5, 5.41) is 21.8. The first-order valence-corrected chi connectivity index (χ1v) is 8.45. The molecule has 0 aromatic heterocycles. The Morgan fingerprint density at radius 2 is 1.96 bits per heavy atom. The van der Waals surface area contributed by atoms with Crippen molar-refractivity contribution in [3.8, 4) is 11.5 Å². The zero-order chi connectivity index (χ0) is 16.5. The third-order valence-electron chi connectivity index (χ3n) is 6.03. The Balaban J connectivity index is 1.73. The standard InChI is InChI=1S/C18H21NO5/c1-22-15-7-18-3-2-4-19(18)8-12(20)10-5-13-14(24-9-23-13)6-11(10)16(18)17(15)21/h5-7,12,16-17,20-21H,2-4,8-9H2,1H3/t12?,16-,17-,18+/m1/s1. The van der Waals surface area contributed by atoms with Gasteiger partial charge in [0.1, 0.15) is 11.9 Å². The van der Waals surface area contributed by atoms with Crippen molar-refractivity contribution in [1.29, 1.82) is 0 Å². The first-order chi connectivity index (χ1) is 11.6. The van der Waals surface area contributed by atoms with Gasteiger partial charge in [0.15, 0.2) is 11.5 Å². The molecule has 4 aliphatic rings. The van der Waals surface area contributed by atoms with Gasteiger partial charge < -0.3 is 24.4 Å². The Morgan fingerprint density at radius 1 is 1.21 bits per heavy atom. The van der Waals surface area contributed by atoms with Crippen molar-refractivity contribution in [3.05, 3.63) is 35.1 Å². The number of β-amino-alcohol motifs (C(OH)–C–C–N with tert-alkyl or cyclic N) is 1. The van der Waals surface area contributed by atoms with Crippen molar-refractivity contribution < 1.29 is 24.4 Å². The van der Waals surface area contributed by atoms with Gasteiger partial charge in [0, 0.05) is 12.5 Å². The fraction of sp³-hybridized carbons (Fsp3) is 0.556. The van der Waals surface area contributed by atoms with Gasteiger partial charge in [-0.05, 0) is 48.7 Å². The summed E-state index contributed by atoms with van der Waals surface area (Å²) in [5.41, 5.74) is 1.46. The van der Waals surface area contributed by atoms with Crippen LogP contribution in [0.5, 0.6) is 11.5 Å². The maximum absolute atomic E-state index is 11.0. The van der Waals surface area contributed by atoms with E-state index >= 15 is 0 Å². The summed E-state index contributed by atoms with van der Waals surface area (Å²) in [6.07, 6.45) is 2.73. The minimum Gasteiger partial charge on any atom is -0.499 e. The van der Waals surface area contributed by atoms with Gasteiger partial charge in [-0.1, -0.05) is 0 Å². The van der Waals surface area contributed by atoms with Crippen LogP contribution in [0.1, 0.15) is 36.0 Å². The number of nitrogens with zero attached hydrogens (tertiary/aromatic N) is 1. The molecule has 24 heavy (non-hydrogen) atoms. The molecule has 0 bridgehead atoms. The molecule has 0 saturated carbocycles. The van der Waals surface area contributed by atoms with Crippen LogP contribution in [-0.2, 0) is 4.74 Å². The van der Waals surface area contributed by atoms with Crippen LogP contribution >= 0.6 is 0 Å². The zero-order valence-electron chi connectivity index (χ0n) is 13.6. The van der Waals surface area contributed by atoms with Crippen LogP contribution in [0, 0.1) is 0 Å². The molecule has 3 aliphatic heterocycles. The third-order valence-corrected chi connectivity index (χ3v) is 6.03. The summed E-state index contributed by atoms with van der Waals surface area (Å²) in [4.78, 5) is 2.30. The lowest BCUT2D eigenvalue weighted by Crippen LogP contribution is -2.47. The Bertz CT molecular complexity index is 732. The predicted octanol–water partition coefficient (Wildman–Crippen LogP) is 1.29. The molecule has 1 aromatic rings. The summed E-state index contributed by atoms with van der Waals surface area (Å²) in [7, 11) is 1.60. The van der Waals surface area contributed by atoms with E-state index in [1.165, 1.54) is 0 Å². The highest BCUT2D eigenvalue weighted by molar-refractivity contribution is 5.54. The van der Waals surface area contributed by atoms with Crippen molar-refractivity contribution in [2.75, 3.05) is 27.0 Å². The van der Waals surface area contributed by atoms with Crippen molar-refractivity contribution >= 4 is 0 Å². The molecular formula is C18H21NO5. The number of aliphatic hydroxyl groups excluding tert-OH is 2. The van der Waals surface area contributed by atoms with Gasteiger partial charge in [-0.2, -0.15) is 0 Å². The van der Waals surface area contributed by atoms with E-state index in [0.717, 1.165) is 30.5 Å². The largest absolute Gasteiger partial charge is 0.499 e. The van der Waals surface area contributed by atoms with Gasteiger partial charge in [0.05, 0.1) is 18.8 Å². The van der Waals surface area contributed by atoms with E-state index in [1.807, 2.05) is 12.1 Å². The lowest BCUT2D eigenvalue weighted by atomic mass is 9.77. The lowest BCUT2D eigenvalue weighted by Gasteiger charge is -2.38. The van der Waals surface area contributed by atoms with E-state index in [4.69, 9.17) is 14.2 Å². The highest BCUT2D eigenvalue weighted by Gasteiger charge is 2.57. The predicted molar refractivity (Wildman–Crippen MR) is 84.9 cm³/mol. The molecule has 1 fully saturated rings. The minimum absolute atomic E-state index is 0.170. The van der Waals surface area contributed by atoms with Gasteiger partial charge in [-0.25, -0.2) is 0 Å². The van der Waals surface area contributed by atoms with Gasteiger partial charge >= 0.3 is 0 Å². The second-order valence-corrected chi connectivity index (χ2v) is 7.06. The Kier molecular flexibility index (Phi) is 2.96. The second-order valence-electron chi connectivity index (χ2n) is 7.06. The number of hydrogen-bond acceptors (Lipinski definition) is 6. The van der Waals surface area contributed by atoms with Crippen LogP contribution in [0.2, 0.25) is 0 Å². The number of hydrogen-bond donors (Lipinski definition) is 2. The van der Waals surface area contributed by atoms with E-state index in [9.17, 15) is 10.2 Å². The van der Waals surface area contributed by atoms with Gasteiger partial charge in [-0.15, -0.1) is 0 Å². The second kappa shape index (κ2) is 4.88. The molecule has 5 rings (SSSR count). The summed E-state index contributed by atoms with van der Waals surface area (Å²) < 4.78 is 16.5. The molecule has 1 saturated heterocycles. The first kappa shape index (κ1) is 14.6. The third kappa shape index (κ3) is 1.71. The number of fused-ring (bicyclic) bond motifs is 3. The Hall–Kier alpha value is -1.76. The molecule has 6 heteroatoms. The molecule has 1 aromatic carbocycles. The van der Waals surface area contributed by atoms with E-state index in [1.54, 1.807) is 7.11 Å². The summed E-state index contributed by atoms with van der Waals surface area (Å²) in [6.45, 7) is 1.65. The topological polar surface area (TPSA) is 71.4 Å². The van der Waals surface area contributed by atoms with Crippen molar-refractivity contribution in [1.82, 2.24) is 4.90 Å². The minimum atomic E-state index is -0.722. The van der Waals surface area contributed by atoms with Crippen LogP contribution in [0.15, 0.2) is 24.0 Å². The van der Waals surface area contributed by atoms with E-state index < -0.39 is 12.2 Å². The van der Waals surface area contributed by atoms with Gasteiger partial charge in [0.25, 0.3) is 0 Å². The number of rotatable bonds is 1. The summed E-state index contributed by atoms with van der Waals surface area (Å²) >= 11 is 0. The monoisotopic (exact) mass is 331 g/mol. The van der Waals surface area contributed by atoms with Gasteiger partial charge in [-0.3, -0.25) is 4.90 Å². The Morgan fingerprint density at radius 3 is 2.71 bits per heavy atom. The molecule has 4 atom stereocenters. The summed E-state index contributed by atoms with van der Waals surface area (Å²) in [5.74, 6) is 1.79. The van der Waals surface area contributed by atoms with Crippen molar-refractivity contribution in [3.63, 3.8) is 0 Å². The number of methoxy groups -OCH3 is 1. The first-order valence-electron chi connectivity index (χ1n) is 8.45. The van der Waals surface area contributed by atoms with Crippen LogP contribution in [0.25, 0.3) is 0 Å². The molecule has 3 heterocycles. The zero-order valence-corrected chi connectivity index (χ0v) is 13.6. The molecule has 0 radical (unpaired) electrons. The molecule has 1 aliphatic carbocycles. The normalized spacial score (nSPS) is 36.6. The van der Waals surface area contributed by atoms with Gasteiger partial charge in [0.2, 0.25) is 6.79 Å². The smallest absolute Gasteiger partial charge is 0.231 e.